The van der Waals surface area contributed by atoms with Gasteiger partial charge in [-0.1, -0.05) is 23.4 Å². The predicted molar refractivity (Wildman–Crippen MR) is 196 cm³/mol. The number of aliphatic hydroxyl groups excluding tert-OH is 1. The van der Waals surface area contributed by atoms with Gasteiger partial charge in [-0.15, -0.1) is 21.8 Å². The molecule has 0 bridgehead atoms. The molecule has 228 valence electrons. The van der Waals surface area contributed by atoms with Gasteiger partial charge in [-0.05, 0) is 60.3 Å². The highest BCUT2D eigenvalue weighted by atomic mass is 32.1. The Morgan fingerprint density at radius 1 is 1.06 bits per heavy atom. The van der Waals surface area contributed by atoms with E-state index in [0.29, 0.717) is 73.6 Å². The molecular formula is C33H29B6N5O3S. The molecule has 12 radical (unpaired) electrons. The summed E-state index contributed by atoms with van der Waals surface area (Å²) in [5.74, 6) is 0.735. The van der Waals surface area contributed by atoms with E-state index in [-0.39, 0.29) is 24.5 Å². The van der Waals surface area contributed by atoms with Crippen molar-refractivity contribution in [2.75, 3.05) is 36.9 Å². The number of fused-ring (bicyclic) bond motifs is 3. The first-order valence-corrected chi connectivity index (χ1v) is 16.5. The lowest BCUT2D eigenvalue weighted by atomic mass is 9.15. The van der Waals surface area contributed by atoms with Gasteiger partial charge in [0, 0.05) is 61.0 Å². The largest absolute Gasteiger partial charge is 0.392 e. The quantitative estimate of drug-likeness (QED) is 0.314. The molecule has 1 aliphatic carbocycles. The van der Waals surface area contributed by atoms with E-state index in [1.807, 2.05) is 30.5 Å². The molecule has 1 saturated heterocycles. The Labute approximate surface area is 292 Å². The van der Waals surface area contributed by atoms with Gasteiger partial charge >= 0.3 is 0 Å². The van der Waals surface area contributed by atoms with Gasteiger partial charge in [0.25, 0.3) is 11.5 Å². The van der Waals surface area contributed by atoms with Crippen molar-refractivity contribution in [2.45, 2.75) is 41.0 Å². The number of hydrogen-bond acceptors (Lipinski definition) is 7. The summed E-state index contributed by atoms with van der Waals surface area (Å²) in [5, 5.41) is 8.67. The molecule has 1 aromatic carbocycles. The molecule has 1 fully saturated rings. The van der Waals surface area contributed by atoms with Crippen LogP contribution >= 0.6 is 11.3 Å². The molecule has 0 saturated carbocycles. The van der Waals surface area contributed by atoms with E-state index in [1.54, 1.807) is 30.3 Å². The van der Waals surface area contributed by atoms with Gasteiger partial charge in [-0.2, -0.15) is 0 Å². The number of pyridine rings is 2. The van der Waals surface area contributed by atoms with E-state index in [2.05, 4.69) is 22.2 Å². The molecule has 1 amide bonds. The normalized spacial score (nSPS) is 19.7. The maximum atomic E-state index is 14.1. The number of carbonyl (C=O) groups is 1. The SMILES string of the molecule is [B]C1([B])Cc2sc3c(c2C([B])([B])C1([B])[B])CCN(c1cccc(-c2cc(Nc4ccc(C5CN(C)C5)cn4)c(=O)n(C)c2)c1CO)C3=O. The first kappa shape index (κ1) is 33.1. The summed E-state index contributed by atoms with van der Waals surface area (Å²) in [6.45, 7) is 1.93. The van der Waals surface area contributed by atoms with E-state index in [1.165, 1.54) is 15.9 Å². The standard InChI is InChI=1S/C33H29B6N5O3S/c1-42-13-19(14-42)17-6-7-26(40-12-17)41-23-10-18(15-43(2)29(23)46)20-4-3-5-24(22(20)16-45)44-9-8-21-27-25(48-28(21)30(44)47)11-31(34,35)33(38,39)32(27,36)37/h3-7,10,12,15,19,45H,8-9,11,13-14,16H2,1-2H3,(H,40,41). The number of benzene rings is 1. The van der Waals surface area contributed by atoms with Crippen LogP contribution in [0, 0.1) is 0 Å². The molecule has 0 atom stereocenters. The highest BCUT2D eigenvalue weighted by molar-refractivity contribution is 7.14. The number of aromatic nitrogens is 2. The van der Waals surface area contributed by atoms with Crippen molar-refractivity contribution in [3.63, 3.8) is 0 Å². The summed E-state index contributed by atoms with van der Waals surface area (Å²) in [6.07, 6.45) is 4.08. The molecule has 3 aliphatic rings. The number of nitrogens with zero attached hydrogens (tertiary/aromatic N) is 4. The Kier molecular flexibility index (Phi) is 8.00. The van der Waals surface area contributed by atoms with Gasteiger partial charge in [0.05, 0.1) is 64.2 Å². The first-order chi connectivity index (χ1) is 22.6. The smallest absolute Gasteiger partial charge is 0.274 e. The highest BCUT2D eigenvalue weighted by Crippen LogP contribution is 2.61. The minimum Gasteiger partial charge on any atom is -0.392 e. The van der Waals surface area contributed by atoms with Gasteiger partial charge in [-0.25, -0.2) is 4.98 Å². The van der Waals surface area contributed by atoms with E-state index in [9.17, 15) is 14.7 Å². The molecule has 2 aliphatic heterocycles. The van der Waals surface area contributed by atoms with Crippen LogP contribution in [0.15, 0.2) is 53.6 Å². The fourth-order valence-corrected chi connectivity index (χ4v) is 8.67. The monoisotopic (exact) mass is 641 g/mol. The van der Waals surface area contributed by atoms with Crippen LogP contribution in [-0.4, -0.2) is 99.2 Å². The highest BCUT2D eigenvalue weighted by Gasteiger charge is 2.52. The van der Waals surface area contributed by atoms with Gasteiger partial charge in [-0.3, -0.25) is 9.59 Å². The van der Waals surface area contributed by atoms with Crippen molar-refractivity contribution in [3.05, 3.63) is 91.2 Å². The Bertz CT molecular complexity index is 2010. The van der Waals surface area contributed by atoms with Crippen LogP contribution in [0.1, 0.15) is 42.7 Å². The van der Waals surface area contributed by atoms with Crippen LogP contribution in [0.2, 0.25) is 10.4 Å². The lowest BCUT2D eigenvalue weighted by Crippen LogP contribution is -2.54. The second-order valence-corrected chi connectivity index (χ2v) is 14.5. The molecule has 7 rings (SSSR count). The Balaban J connectivity index is 1.22. The maximum Gasteiger partial charge on any atom is 0.274 e. The second kappa shape index (κ2) is 11.6. The molecule has 0 unspecified atom stereocenters. The molecule has 0 spiro atoms. The number of anilines is 3. The van der Waals surface area contributed by atoms with Crippen LogP contribution in [0.25, 0.3) is 11.1 Å². The summed E-state index contributed by atoms with van der Waals surface area (Å²) in [6, 6.07) is 11.1. The van der Waals surface area contributed by atoms with Gasteiger partial charge in [0.1, 0.15) is 11.5 Å². The van der Waals surface area contributed by atoms with Crippen molar-refractivity contribution in [2.24, 2.45) is 7.05 Å². The number of likely N-dealkylation sites (N-methyl/N-ethyl adjacent to an activating group) is 1. The summed E-state index contributed by atoms with van der Waals surface area (Å²) in [7, 11) is 42.1. The van der Waals surface area contributed by atoms with Crippen LogP contribution in [0.5, 0.6) is 0 Å². The fraction of sp³-hybridized carbons (Fsp3) is 0.364. The zero-order valence-corrected chi connectivity index (χ0v) is 27.7. The fourth-order valence-electron chi connectivity index (χ4n) is 7.20. The topological polar surface area (TPSA) is 90.7 Å². The van der Waals surface area contributed by atoms with Crippen molar-refractivity contribution in [3.8, 4) is 11.1 Å². The average molecular weight is 641 g/mol. The minimum absolute atomic E-state index is 0.106. The molecule has 48 heavy (non-hydrogen) atoms. The van der Waals surface area contributed by atoms with Crippen LogP contribution in [0.3, 0.4) is 0 Å². The maximum absolute atomic E-state index is 14.1. The van der Waals surface area contributed by atoms with Crippen LogP contribution in [0.4, 0.5) is 17.2 Å². The zero-order valence-electron chi connectivity index (χ0n) is 26.9. The molecule has 15 heteroatoms. The summed E-state index contributed by atoms with van der Waals surface area (Å²) in [5.41, 5.74) is 4.90. The Hall–Kier alpha value is -3.40. The number of rotatable bonds is 6. The third-order valence-corrected chi connectivity index (χ3v) is 11.3. The van der Waals surface area contributed by atoms with Crippen molar-refractivity contribution in [1.82, 2.24) is 14.5 Å². The average Bonchev–Trinajstić information content (AvgIpc) is 3.40. The third-order valence-electron chi connectivity index (χ3n) is 10.1. The van der Waals surface area contributed by atoms with Crippen LogP contribution < -0.4 is 15.8 Å². The molecule has 4 aromatic rings. The first-order valence-electron chi connectivity index (χ1n) is 15.7. The van der Waals surface area contributed by atoms with E-state index >= 15 is 0 Å². The Morgan fingerprint density at radius 2 is 1.81 bits per heavy atom. The number of amides is 1. The van der Waals surface area contributed by atoms with Crippen molar-refractivity contribution >= 4 is 81.5 Å². The summed E-state index contributed by atoms with van der Waals surface area (Å²) in [4.78, 5) is 36.9. The van der Waals surface area contributed by atoms with Gasteiger partial charge < -0.3 is 24.8 Å². The van der Waals surface area contributed by atoms with E-state index in [0.717, 1.165) is 18.7 Å². The number of thiophene rings is 1. The van der Waals surface area contributed by atoms with Gasteiger partial charge in [0.15, 0.2) is 0 Å². The van der Waals surface area contributed by atoms with E-state index < -0.39 is 15.6 Å². The van der Waals surface area contributed by atoms with Crippen molar-refractivity contribution < 1.29 is 9.90 Å². The zero-order chi connectivity index (χ0) is 34.3. The third kappa shape index (κ3) is 5.07. The predicted octanol–water partition coefficient (Wildman–Crippen LogP) is 1.93. The number of carbonyl (C=O) groups excluding carboxylic acids is 1. The number of aliphatic hydroxyl groups is 1. The summed E-state index contributed by atoms with van der Waals surface area (Å²) < 4.78 is 1.48. The van der Waals surface area contributed by atoms with Crippen molar-refractivity contribution in [1.29, 1.82) is 0 Å². The number of likely N-dealkylation sites (tertiary alicyclic amines) is 1. The lowest BCUT2D eigenvalue weighted by molar-refractivity contribution is 0.0984. The minimum atomic E-state index is -1.84. The van der Waals surface area contributed by atoms with Gasteiger partial charge in [0.2, 0.25) is 0 Å². The molecule has 3 aromatic heterocycles. The number of hydrogen-bond donors (Lipinski definition) is 2. The number of nitrogens with one attached hydrogen (secondary N) is 1. The number of aryl methyl sites for hydroxylation is 1. The lowest BCUT2D eigenvalue weighted by Gasteiger charge is -2.59. The molecular weight excluding hydrogens is 611 g/mol. The molecule has 2 N–H and O–H groups in total. The van der Waals surface area contributed by atoms with Crippen LogP contribution in [-0.2, 0) is 31.7 Å². The second-order valence-electron chi connectivity index (χ2n) is 13.4. The summed E-state index contributed by atoms with van der Waals surface area (Å²) >= 11 is 1.24. The molecule has 5 heterocycles. The van der Waals surface area contributed by atoms with E-state index in [4.69, 9.17) is 47.1 Å². The Morgan fingerprint density at radius 3 is 2.48 bits per heavy atom. The molecule has 8 nitrogen and oxygen atoms in total.